The minimum atomic E-state index is -0.479. The van der Waals surface area contributed by atoms with Crippen molar-refractivity contribution in [3.05, 3.63) is 24.0 Å². The van der Waals surface area contributed by atoms with Gasteiger partial charge in [0.05, 0.1) is 0 Å². The molecule has 1 aliphatic heterocycles. The van der Waals surface area contributed by atoms with Crippen LogP contribution in [0.15, 0.2) is 18.3 Å². The van der Waals surface area contributed by atoms with Crippen molar-refractivity contribution in [3.8, 4) is 5.75 Å². The first-order valence-electron chi connectivity index (χ1n) is 6.31. The molecular formula is C13H17N3O3. The van der Waals surface area contributed by atoms with Crippen molar-refractivity contribution in [2.24, 2.45) is 0 Å². The lowest BCUT2D eigenvalue weighted by molar-refractivity contribution is -0.126. The Kier molecular flexibility index (Phi) is 3.99. The van der Waals surface area contributed by atoms with E-state index in [-0.39, 0.29) is 17.4 Å². The molecule has 0 aromatic carbocycles. The van der Waals surface area contributed by atoms with Crippen LogP contribution in [0.25, 0.3) is 0 Å². The van der Waals surface area contributed by atoms with Gasteiger partial charge in [0.1, 0.15) is 11.8 Å². The van der Waals surface area contributed by atoms with Crippen LogP contribution >= 0.6 is 0 Å². The Morgan fingerprint density at radius 1 is 1.47 bits per heavy atom. The average Bonchev–Trinajstić information content (AvgIpc) is 2.46. The monoisotopic (exact) mass is 263 g/mol. The lowest BCUT2D eigenvalue weighted by Crippen LogP contribution is -2.51. The van der Waals surface area contributed by atoms with E-state index in [4.69, 9.17) is 0 Å². The average molecular weight is 263 g/mol. The van der Waals surface area contributed by atoms with E-state index in [0.29, 0.717) is 13.0 Å². The van der Waals surface area contributed by atoms with Crippen LogP contribution in [0.2, 0.25) is 0 Å². The van der Waals surface area contributed by atoms with Gasteiger partial charge in [-0.15, -0.1) is 0 Å². The summed E-state index contributed by atoms with van der Waals surface area (Å²) in [7, 11) is 1.55. The molecule has 1 aromatic heterocycles. The largest absolute Gasteiger partial charge is 0.505 e. The summed E-state index contributed by atoms with van der Waals surface area (Å²) in [6.07, 6.45) is 3.85. The van der Waals surface area contributed by atoms with Gasteiger partial charge >= 0.3 is 0 Å². The molecule has 0 radical (unpaired) electrons. The van der Waals surface area contributed by atoms with Gasteiger partial charge in [-0.1, -0.05) is 0 Å². The number of carbonyl (C=O) groups excluding carboxylic acids is 2. The lowest BCUT2D eigenvalue weighted by atomic mass is 10.0. The number of hydrogen-bond donors (Lipinski definition) is 2. The molecule has 1 atom stereocenters. The van der Waals surface area contributed by atoms with Crippen molar-refractivity contribution in [2.45, 2.75) is 25.3 Å². The number of likely N-dealkylation sites (tertiary alicyclic amines) is 1. The maximum absolute atomic E-state index is 12.4. The molecule has 1 unspecified atom stereocenters. The van der Waals surface area contributed by atoms with Gasteiger partial charge in [0, 0.05) is 19.8 Å². The molecule has 1 aliphatic rings. The first-order valence-corrected chi connectivity index (χ1v) is 6.31. The molecule has 0 saturated carbocycles. The smallest absolute Gasteiger partial charge is 0.276 e. The van der Waals surface area contributed by atoms with Crippen molar-refractivity contribution in [1.29, 1.82) is 0 Å². The first-order chi connectivity index (χ1) is 9.15. The number of piperidine rings is 1. The summed E-state index contributed by atoms with van der Waals surface area (Å²) >= 11 is 0. The number of nitrogens with zero attached hydrogens (tertiary/aromatic N) is 2. The van der Waals surface area contributed by atoms with E-state index in [2.05, 4.69) is 10.3 Å². The zero-order valence-electron chi connectivity index (χ0n) is 10.8. The second-order valence-electron chi connectivity index (χ2n) is 4.50. The highest BCUT2D eigenvalue weighted by molar-refractivity contribution is 5.98. The van der Waals surface area contributed by atoms with E-state index in [1.54, 1.807) is 13.1 Å². The molecule has 2 N–H and O–H groups in total. The van der Waals surface area contributed by atoms with Crippen LogP contribution in [0.4, 0.5) is 0 Å². The SMILES string of the molecule is CNC(=O)C1CCCCN1C(=O)c1ncccc1O. The van der Waals surface area contributed by atoms with Gasteiger partial charge in [-0.25, -0.2) is 4.98 Å². The van der Waals surface area contributed by atoms with Gasteiger partial charge in [0.15, 0.2) is 5.69 Å². The predicted molar refractivity (Wildman–Crippen MR) is 68.6 cm³/mol. The summed E-state index contributed by atoms with van der Waals surface area (Å²) in [5, 5.41) is 12.3. The maximum atomic E-state index is 12.4. The fourth-order valence-corrected chi connectivity index (χ4v) is 2.31. The van der Waals surface area contributed by atoms with Crippen LogP contribution in [0.5, 0.6) is 5.75 Å². The zero-order chi connectivity index (χ0) is 13.8. The van der Waals surface area contributed by atoms with Gasteiger partial charge in [0.2, 0.25) is 5.91 Å². The van der Waals surface area contributed by atoms with Gasteiger partial charge < -0.3 is 15.3 Å². The summed E-state index contributed by atoms with van der Waals surface area (Å²) in [6.45, 7) is 0.507. The third kappa shape index (κ3) is 2.67. The summed E-state index contributed by atoms with van der Waals surface area (Å²) in [5.41, 5.74) is -0.00157. The normalized spacial score (nSPS) is 19.0. The Morgan fingerprint density at radius 2 is 2.26 bits per heavy atom. The summed E-state index contributed by atoms with van der Waals surface area (Å²) < 4.78 is 0. The molecule has 1 aromatic rings. The molecule has 102 valence electrons. The molecule has 2 rings (SSSR count). The molecule has 0 bridgehead atoms. The predicted octanol–water partition coefficient (Wildman–Crippen LogP) is 0.528. The van der Waals surface area contributed by atoms with Crippen molar-refractivity contribution < 1.29 is 14.7 Å². The number of amides is 2. The summed E-state index contributed by atoms with van der Waals surface area (Å²) in [4.78, 5) is 29.6. The molecule has 6 nitrogen and oxygen atoms in total. The number of rotatable bonds is 2. The van der Waals surface area contributed by atoms with Gasteiger partial charge in [-0.05, 0) is 31.4 Å². The van der Waals surface area contributed by atoms with E-state index in [1.165, 1.54) is 17.2 Å². The highest BCUT2D eigenvalue weighted by atomic mass is 16.3. The molecule has 19 heavy (non-hydrogen) atoms. The number of nitrogens with one attached hydrogen (secondary N) is 1. The Balaban J connectivity index is 2.25. The van der Waals surface area contributed by atoms with E-state index in [0.717, 1.165) is 12.8 Å². The molecule has 2 amide bonds. The van der Waals surface area contributed by atoms with E-state index >= 15 is 0 Å². The number of pyridine rings is 1. The molecule has 0 aliphatic carbocycles. The molecule has 1 saturated heterocycles. The third-order valence-corrected chi connectivity index (χ3v) is 3.30. The van der Waals surface area contributed by atoms with E-state index in [9.17, 15) is 14.7 Å². The number of carbonyl (C=O) groups is 2. The van der Waals surface area contributed by atoms with Crippen LogP contribution in [-0.2, 0) is 4.79 Å². The first kappa shape index (κ1) is 13.3. The molecule has 0 spiro atoms. The molecule has 2 heterocycles. The minimum absolute atomic E-state index is 0.00157. The standard InChI is InChI=1S/C13H17N3O3/c1-14-12(18)9-5-2-3-8-16(9)13(19)11-10(17)6-4-7-15-11/h4,6-7,9,17H,2-3,5,8H2,1H3,(H,14,18). The van der Waals surface area contributed by atoms with Crippen LogP contribution in [-0.4, -0.2) is 46.4 Å². The summed E-state index contributed by atoms with van der Waals surface area (Å²) in [5.74, 6) is -0.733. The minimum Gasteiger partial charge on any atom is -0.505 e. The van der Waals surface area contributed by atoms with Gasteiger partial charge in [-0.2, -0.15) is 0 Å². The Bertz CT molecular complexity index is 490. The third-order valence-electron chi connectivity index (χ3n) is 3.30. The summed E-state index contributed by atoms with van der Waals surface area (Å²) in [6, 6.07) is 2.49. The maximum Gasteiger partial charge on any atom is 0.276 e. The van der Waals surface area contributed by atoms with Crippen molar-refractivity contribution in [3.63, 3.8) is 0 Å². The van der Waals surface area contributed by atoms with Crippen molar-refractivity contribution in [1.82, 2.24) is 15.2 Å². The van der Waals surface area contributed by atoms with E-state index in [1.807, 2.05) is 0 Å². The van der Waals surface area contributed by atoms with Crippen molar-refractivity contribution >= 4 is 11.8 Å². The number of aromatic nitrogens is 1. The second kappa shape index (κ2) is 5.69. The number of aromatic hydroxyl groups is 1. The second-order valence-corrected chi connectivity index (χ2v) is 4.50. The fraction of sp³-hybridized carbons (Fsp3) is 0.462. The van der Waals surface area contributed by atoms with Crippen LogP contribution in [0.1, 0.15) is 29.8 Å². The number of likely N-dealkylation sites (N-methyl/N-ethyl adjacent to an activating group) is 1. The molecule has 6 heteroatoms. The topological polar surface area (TPSA) is 82.5 Å². The Labute approximate surface area is 111 Å². The quantitative estimate of drug-likeness (QED) is 0.815. The van der Waals surface area contributed by atoms with Crippen LogP contribution in [0.3, 0.4) is 0 Å². The lowest BCUT2D eigenvalue weighted by Gasteiger charge is -2.34. The molecular weight excluding hydrogens is 246 g/mol. The number of hydrogen-bond acceptors (Lipinski definition) is 4. The molecule has 1 fully saturated rings. The Morgan fingerprint density at radius 3 is 2.95 bits per heavy atom. The highest BCUT2D eigenvalue weighted by Gasteiger charge is 2.33. The fourth-order valence-electron chi connectivity index (χ4n) is 2.31. The zero-order valence-corrected chi connectivity index (χ0v) is 10.8. The highest BCUT2D eigenvalue weighted by Crippen LogP contribution is 2.22. The van der Waals surface area contributed by atoms with Gasteiger partial charge in [0.25, 0.3) is 5.91 Å². The van der Waals surface area contributed by atoms with Gasteiger partial charge in [-0.3, -0.25) is 9.59 Å². The van der Waals surface area contributed by atoms with Crippen molar-refractivity contribution in [2.75, 3.05) is 13.6 Å². The Hall–Kier alpha value is -2.11. The van der Waals surface area contributed by atoms with Crippen LogP contribution < -0.4 is 5.32 Å². The van der Waals surface area contributed by atoms with Crippen LogP contribution in [0, 0.1) is 0 Å². The van der Waals surface area contributed by atoms with E-state index < -0.39 is 11.9 Å².